The SMILES string of the molecule is CC(C)CNC(=O)CN1C(=O)S/C(=C\c2ccccc2OCc2ccccc2)C1=O. The van der Waals surface area contributed by atoms with Crippen LogP contribution in [0.4, 0.5) is 4.79 Å². The molecule has 0 aliphatic carbocycles. The van der Waals surface area contributed by atoms with E-state index in [0.29, 0.717) is 24.5 Å². The number of benzene rings is 2. The van der Waals surface area contributed by atoms with E-state index in [9.17, 15) is 14.4 Å². The highest BCUT2D eigenvalue weighted by Crippen LogP contribution is 2.34. The summed E-state index contributed by atoms with van der Waals surface area (Å²) in [5, 5.41) is 2.27. The van der Waals surface area contributed by atoms with Gasteiger partial charge in [0, 0.05) is 12.1 Å². The summed E-state index contributed by atoms with van der Waals surface area (Å²) >= 11 is 0.829. The van der Waals surface area contributed by atoms with Crippen LogP contribution >= 0.6 is 11.8 Å². The minimum atomic E-state index is -0.470. The Morgan fingerprint density at radius 3 is 2.53 bits per heavy atom. The fourth-order valence-corrected chi connectivity index (χ4v) is 3.59. The molecule has 0 unspecified atom stereocenters. The van der Waals surface area contributed by atoms with Crippen molar-refractivity contribution in [1.82, 2.24) is 10.2 Å². The van der Waals surface area contributed by atoms with E-state index in [-0.39, 0.29) is 23.3 Å². The average molecular weight is 425 g/mol. The first-order valence-corrected chi connectivity index (χ1v) is 10.5. The molecule has 1 aliphatic rings. The number of hydrogen-bond acceptors (Lipinski definition) is 5. The van der Waals surface area contributed by atoms with E-state index < -0.39 is 11.1 Å². The van der Waals surface area contributed by atoms with Gasteiger partial charge >= 0.3 is 0 Å². The number of carbonyl (C=O) groups is 3. The molecule has 30 heavy (non-hydrogen) atoms. The van der Waals surface area contributed by atoms with Crippen molar-refractivity contribution in [3.8, 4) is 5.75 Å². The lowest BCUT2D eigenvalue weighted by molar-refractivity contribution is -0.129. The van der Waals surface area contributed by atoms with Crippen LogP contribution in [0.1, 0.15) is 25.0 Å². The van der Waals surface area contributed by atoms with E-state index in [2.05, 4.69) is 5.32 Å². The fraction of sp³-hybridized carbons (Fsp3) is 0.261. The molecule has 1 fully saturated rings. The number of imide groups is 1. The largest absolute Gasteiger partial charge is 0.488 e. The van der Waals surface area contributed by atoms with Gasteiger partial charge in [0.15, 0.2) is 0 Å². The predicted molar refractivity (Wildman–Crippen MR) is 118 cm³/mol. The Bertz CT molecular complexity index is 957. The number of hydrogen-bond donors (Lipinski definition) is 1. The highest BCUT2D eigenvalue weighted by atomic mass is 32.2. The van der Waals surface area contributed by atoms with Crippen LogP contribution < -0.4 is 10.1 Å². The first kappa shape index (κ1) is 21.6. The van der Waals surface area contributed by atoms with Gasteiger partial charge in [-0.3, -0.25) is 19.3 Å². The molecule has 2 aromatic carbocycles. The van der Waals surface area contributed by atoms with Crippen molar-refractivity contribution in [2.75, 3.05) is 13.1 Å². The maximum atomic E-state index is 12.7. The summed E-state index contributed by atoms with van der Waals surface area (Å²) in [7, 11) is 0. The van der Waals surface area contributed by atoms with E-state index >= 15 is 0 Å². The smallest absolute Gasteiger partial charge is 0.294 e. The molecule has 0 atom stereocenters. The molecule has 1 aliphatic heterocycles. The molecular weight excluding hydrogens is 400 g/mol. The van der Waals surface area contributed by atoms with Gasteiger partial charge in [0.2, 0.25) is 5.91 Å². The maximum Gasteiger partial charge on any atom is 0.294 e. The topological polar surface area (TPSA) is 75.7 Å². The lowest BCUT2D eigenvalue weighted by Crippen LogP contribution is -2.40. The molecule has 156 valence electrons. The molecule has 0 radical (unpaired) electrons. The number of rotatable bonds is 8. The Morgan fingerprint density at radius 2 is 1.80 bits per heavy atom. The van der Waals surface area contributed by atoms with Crippen LogP contribution in [0, 0.1) is 5.92 Å². The van der Waals surface area contributed by atoms with Gasteiger partial charge in [-0.15, -0.1) is 0 Å². The molecule has 3 rings (SSSR count). The first-order chi connectivity index (χ1) is 14.4. The van der Waals surface area contributed by atoms with Crippen molar-refractivity contribution >= 4 is 34.9 Å². The summed E-state index contributed by atoms with van der Waals surface area (Å²) in [6.07, 6.45) is 1.64. The Balaban J connectivity index is 1.70. The third-order valence-electron chi connectivity index (χ3n) is 4.33. The second-order valence-electron chi connectivity index (χ2n) is 7.28. The number of amides is 3. The molecular formula is C23H24N2O4S. The van der Waals surface area contributed by atoms with Crippen LogP contribution in [0.5, 0.6) is 5.75 Å². The molecule has 6 nitrogen and oxygen atoms in total. The monoisotopic (exact) mass is 424 g/mol. The van der Waals surface area contributed by atoms with Crippen molar-refractivity contribution in [2.45, 2.75) is 20.5 Å². The Kier molecular flexibility index (Phi) is 7.30. The molecule has 1 N–H and O–H groups in total. The Morgan fingerprint density at radius 1 is 1.10 bits per heavy atom. The van der Waals surface area contributed by atoms with Crippen LogP contribution in [0.2, 0.25) is 0 Å². The molecule has 0 bridgehead atoms. The number of thioether (sulfide) groups is 1. The van der Waals surface area contributed by atoms with E-state index in [1.54, 1.807) is 6.08 Å². The van der Waals surface area contributed by atoms with Crippen molar-refractivity contribution in [2.24, 2.45) is 5.92 Å². The van der Waals surface area contributed by atoms with Crippen LogP contribution in [-0.2, 0) is 16.2 Å². The van der Waals surface area contributed by atoms with E-state index in [0.717, 1.165) is 22.2 Å². The van der Waals surface area contributed by atoms with Crippen molar-refractivity contribution in [3.63, 3.8) is 0 Å². The molecule has 0 spiro atoms. The molecule has 2 aromatic rings. The normalized spacial score (nSPS) is 15.2. The number of ether oxygens (including phenoxy) is 1. The summed E-state index contributed by atoms with van der Waals surface area (Å²) in [6.45, 7) is 4.56. The van der Waals surface area contributed by atoms with Gasteiger partial charge in [-0.05, 0) is 35.4 Å². The third kappa shape index (κ3) is 5.73. The summed E-state index contributed by atoms with van der Waals surface area (Å²) in [5.74, 6) is 0.0837. The zero-order valence-electron chi connectivity index (χ0n) is 17.0. The summed E-state index contributed by atoms with van der Waals surface area (Å²) in [4.78, 5) is 38.2. The van der Waals surface area contributed by atoms with Gasteiger partial charge in [-0.2, -0.15) is 0 Å². The van der Waals surface area contributed by atoms with Gasteiger partial charge in [-0.1, -0.05) is 62.4 Å². The summed E-state index contributed by atoms with van der Waals surface area (Å²) in [5.41, 5.74) is 1.73. The van der Waals surface area contributed by atoms with Gasteiger partial charge in [0.1, 0.15) is 18.9 Å². The third-order valence-corrected chi connectivity index (χ3v) is 5.23. The molecule has 7 heteroatoms. The minimum absolute atomic E-state index is 0.271. The predicted octanol–water partition coefficient (Wildman–Crippen LogP) is 4.07. The molecule has 0 saturated carbocycles. The fourth-order valence-electron chi connectivity index (χ4n) is 2.76. The van der Waals surface area contributed by atoms with Crippen LogP contribution in [0.15, 0.2) is 59.5 Å². The minimum Gasteiger partial charge on any atom is -0.488 e. The lowest BCUT2D eigenvalue weighted by atomic mass is 10.1. The summed E-state index contributed by atoms with van der Waals surface area (Å²) < 4.78 is 5.91. The average Bonchev–Trinajstić information content (AvgIpc) is 2.99. The number of carbonyl (C=O) groups excluding carboxylic acids is 3. The quantitative estimate of drug-likeness (QED) is 0.647. The van der Waals surface area contributed by atoms with Crippen LogP contribution in [-0.4, -0.2) is 35.0 Å². The second kappa shape index (κ2) is 10.1. The zero-order chi connectivity index (χ0) is 21.5. The number of para-hydroxylation sites is 1. The van der Waals surface area contributed by atoms with E-state index in [1.165, 1.54) is 0 Å². The standard InChI is InChI=1S/C23H24N2O4S/c1-16(2)13-24-21(26)14-25-22(27)20(30-23(25)28)12-18-10-6-7-11-19(18)29-15-17-8-4-3-5-9-17/h3-12,16H,13-15H2,1-2H3,(H,24,26)/b20-12-. The number of nitrogens with one attached hydrogen (secondary N) is 1. The van der Waals surface area contributed by atoms with Crippen molar-refractivity contribution in [1.29, 1.82) is 0 Å². The first-order valence-electron chi connectivity index (χ1n) is 9.72. The van der Waals surface area contributed by atoms with Crippen molar-refractivity contribution < 1.29 is 19.1 Å². The molecule has 1 saturated heterocycles. The number of nitrogens with zero attached hydrogens (tertiary/aromatic N) is 1. The molecule has 3 amide bonds. The van der Waals surface area contributed by atoms with Crippen molar-refractivity contribution in [3.05, 3.63) is 70.6 Å². The highest BCUT2D eigenvalue weighted by molar-refractivity contribution is 8.18. The maximum absolute atomic E-state index is 12.7. The Hall–Kier alpha value is -3.06. The van der Waals surface area contributed by atoms with Crippen LogP contribution in [0.25, 0.3) is 6.08 Å². The zero-order valence-corrected chi connectivity index (χ0v) is 17.8. The molecule has 0 aromatic heterocycles. The van der Waals surface area contributed by atoms with Crippen LogP contribution in [0.3, 0.4) is 0 Å². The highest BCUT2D eigenvalue weighted by Gasteiger charge is 2.36. The van der Waals surface area contributed by atoms with E-state index in [1.807, 2.05) is 68.4 Å². The van der Waals surface area contributed by atoms with Gasteiger partial charge in [0.25, 0.3) is 11.1 Å². The second-order valence-corrected chi connectivity index (χ2v) is 8.27. The lowest BCUT2D eigenvalue weighted by Gasteiger charge is -2.13. The Labute approximate surface area is 180 Å². The van der Waals surface area contributed by atoms with E-state index in [4.69, 9.17) is 4.74 Å². The van der Waals surface area contributed by atoms with Gasteiger partial charge < -0.3 is 10.1 Å². The van der Waals surface area contributed by atoms with Gasteiger partial charge in [-0.25, -0.2) is 0 Å². The van der Waals surface area contributed by atoms with Gasteiger partial charge in [0.05, 0.1) is 4.91 Å². The molecule has 1 heterocycles. The summed E-state index contributed by atoms with van der Waals surface area (Å²) in [6, 6.07) is 17.1.